The van der Waals surface area contributed by atoms with E-state index >= 15 is 0 Å². The van der Waals surface area contributed by atoms with Crippen LogP contribution in [0.5, 0.6) is 0 Å². The van der Waals surface area contributed by atoms with Crippen LogP contribution >= 0.6 is 0 Å². The fourth-order valence-electron chi connectivity index (χ4n) is 3.16. The lowest BCUT2D eigenvalue weighted by atomic mass is 9.81. The van der Waals surface area contributed by atoms with Crippen LogP contribution in [-0.2, 0) is 4.79 Å². The molecule has 2 aliphatic rings. The third kappa shape index (κ3) is 2.03. The number of nitrogens with one attached hydrogen (secondary N) is 1. The summed E-state index contributed by atoms with van der Waals surface area (Å²) in [6.45, 7) is 4.77. The van der Waals surface area contributed by atoms with Crippen LogP contribution in [0.2, 0.25) is 0 Å². The van der Waals surface area contributed by atoms with Crippen LogP contribution in [0.4, 0.5) is 0 Å². The zero-order chi connectivity index (χ0) is 11.1. The molecule has 0 unspecified atom stereocenters. The van der Waals surface area contributed by atoms with E-state index in [-0.39, 0.29) is 0 Å². The highest BCUT2D eigenvalue weighted by molar-refractivity contribution is 5.73. The maximum absolute atomic E-state index is 11.1. The average molecular weight is 211 g/mol. The molecule has 2 N–H and O–H groups in total. The van der Waals surface area contributed by atoms with Crippen molar-refractivity contribution in [1.29, 1.82) is 0 Å². The molecule has 3 heteroatoms. The smallest absolute Gasteiger partial charge is 0.309 e. The number of fused-ring (bicyclic) bond motifs is 1. The standard InChI is InChI=1S/C12H21NO2/c1-12(2,11(14)15)6-10-9-5-3-4-8(9)7-13-10/h8-10,13H,3-7H2,1-2H3,(H,14,15)/t8-,9-,10-/m0/s1. The first-order chi connectivity index (χ1) is 7.00. The molecule has 0 aromatic heterocycles. The van der Waals surface area contributed by atoms with Gasteiger partial charge in [0.05, 0.1) is 5.41 Å². The predicted octanol–water partition coefficient (Wildman–Crippen LogP) is 1.88. The summed E-state index contributed by atoms with van der Waals surface area (Å²) in [6, 6.07) is 0.434. The highest BCUT2D eigenvalue weighted by atomic mass is 16.4. The van der Waals surface area contributed by atoms with E-state index in [1.807, 2.05) is 13.8 Å². The van der Waals surface area contributed by atoms with Gasteiger partial charge in [0.1, 0.15) is 0 Å². The molecule has 1 aliphatic heterocycles. The molecule has 1 heterocycles. The molecule has 3 nitrogen and oxygen atoms in total. The van der Waals surface area contributed by atoms with Gasteiger partial charge in [0, 0.05) is 6.04 Å². The van der Waals surface area contributed by atoms with Gasteiger partial charge in [-0.05, 0) is 51.5 Å². The van der Waals surface area contributed by atoms with Crippen LogP contribution < -0.4 is 5.32 Å². The topological polar surface area (TPSA) is 49.3 Å². The third-order valence-electron chi connectivity index (χ3n) is 4.19. The second kappa shape index (κ2) is 3.78. The van der Waals surface area contributed by atoms with Gasteiger partial charge in [-0.2, -0.15) is 0 Å². The van der Waals surface area contributed by atoms with Gasteiger partial charge < -0.3 is 10.4 Å². The minimum absolute atomic E-state index is 0.434. The van der Waals surface area contributed by atoms with E-state index in [4.69, 9.17) is 5.11 Å². The van der Waals surface area contributed by atoms with Crippen LogP contribution in [-0.4, -0.2) is 23.7 Å². The summed E-state index contributed by atoms with van der Waals surface area (Å²) < 4.78 is 0. The van der Waals surface area contributed by atoms with Crippen molar-refractivity contribution >= 4 is 5.97 Å². The predicted molar refractivity (Wildman–Crippen MR) is 58.7 cm³/mol. The van der Waals surface area contributed by atoms with Crippen molar-refractivity contribution in [2.45, 2.75) is 45.6 Å². The van der Waals surface area contributed by atoms with Gasteiger partial charge in [0.15, 0.2) is 0 Å². The maximum atomic E-state index is 11.1. The molecule has 0 radical (unpaired) electrons. The third-order valence-corrected chi connectivity index (χ3v) is 4.19. The molecule has 86 valence electrons. The Kier molecular flexibility index (Phi) is 2.75. The van der Waals surface area contributed by atoms with Crippen molar-refractivity contribution in [3.8, 4) is 0 Å². The van der Waals surface area contributed by atoms with Crippen molar-refractivity contribution in [3.63, 3.8) is 0 Å². The Balaban J connectivity index is 1.98. The average Bonchev–Trinajstić information content (AvgIpc) is 2.69. The molecule has 1 saturated heterocycles. The Morgan fingerprint density at radius 1 is 1.47 bits per heavy atom. The molecule has 2 fully saturated rings. The Morgan fingerprint density at radius 2 is 2.20 bits per heavy atom. The van der Waals surface area contributed by atoms with Gasteiger partial charge in [-0.25, -0.2) is 0 Å². The van der Waals surface area contributed by atoms with Crippen molar-refractivity contribution in [2.75, 3.05) is 6.54 Å². The normalized spacial score (nSPS) is 35.5. The second-order valence-corrected chi connectivity index (χ2v) is 5.76. The van der Waals surface area contributed by atoms with Crippen molar-refractivity contribution in [2.24, 2.45) is 17.3 Å². The van der Waals surface area contributed by atoms with E-state index in [0.717, 1.165) is 24.8 Å². The van der Waals surface area contributed by atoms with Crippen molar-refractivity contribution in [1.82, 2.24) is 5.32 Å². The van der Waals surface area contributed by atoms with Gasteiger partial charge >= 0.3 is 5.97 Å². The zero-order valence-electron chi connectivity index (χ0n) is 9.62. The monoisotopic (exact) mass is 211 g/mol. The van der Waals surface area contributed by atoms with E-state index in [0.29, 0.717) is 6.04 Å². The highest BCUT2D eigenvalue weighted by Crippen LogP contribution is 2.41. The largest absolute Gasteiger partial charge is 0.481 e. The second-order valence-electron chi connectivity index (χ2n) is 5.76. The van der Waals surface area contributed by atoms with Crippen LogP contribution in [0, 0.1) is 17.3 Å². The molecular weight excluding hydrogens is 190 g/mol. The summed E-state index contributed by atoms with van der Waals surface area (Å²) in [4.78, 5) is 11.1. The minimum atomic E-state index is -0.675. The highest BCUT2D eigenvalue weighted by Gasteiger charge is 2.42. The van der Waals surface area contributed by atoms with Crippen LogP contribution in [0.25, 0.3) is 0 Å². The quantitative estimate of drug-likeness (QED) is 0.749. The van der Waals surface area contributed by atoms with Crippen LogP contribution in [0.1, 0.15) is 39.5 Å². The van der Waals surface area contributed by atoms with Crippen molar-refractivity contribution in [3.05, 3.63) is 0 Å². The van der Waals surface area contributed by atoms with Gasteiger partial charge in [-0.15, -0.1) is 0 Å². The first kappa shape index (κ1) is 10.9. The molecule has 15 heavy (non-hydrogen) atoms. The Labute approximate surface area is 91.2 Å². The van der Waals surface area contributed by atoms with Gasteiger partial charge in [0.2, 0.25) is 0 Å². The number of carbonyl (C=O) groups is 1. The fourth-order valence-corrected chi connectivity index (χ4v) is 3.16. The molecule has 2 rings (SSSR count). The van der Waals surface area contributed by atoms with Gasteiger partial charge in [-0.3, -0.25) is 4.79 Å². The molecule has 3 atom stereocenters. The zero-order valence-corrected chi connectivity index (χ0v) is 9.62. The Morgan fingerprint density at radius 3 is 2.87 bits per heavy atom. The molecule has 0 bridgehead atoms. The summed E-state index contributed by atoms with van der Waals surface area (Å²) in [5, 5.41) is 12.6. The molecular formula is C12H21NO2. The SMILES string of the molecule is CC(C)(C[C@@H]1NC[C@@H]2CCC[C@@H]21)C(=O)O. The first-order valence-corrected chi connectivity index (χ1v) is 5.97. The van der Waals surface area contributed by atoms with Gasteiger partial charge in [0.25, 0.3) is 0 Å². The number of hydrogen-bond acceptors (Lipinski definition) is 2. The number of rotatable bonds is 3. The number of aliphatic carboxylic acids is 1. The lowest BCUT2D eigenvalue weighted by molar-refractivity contribution is -0.147. The van der Waals surface area contributed by atoms with E-state index in [1.165, 1.54) is 19.3 Å². The van der Waals surface area contributed by atoms with Crippen molar-refractivity contribution < 1.29 is 9.90 Å². The Bertz CT molecular complexity index is 262. The molecule has 0 spiro atoms. The summed E-state index contributed by atoms with van der Waals surface area (Å²) in [5.41, 5.74) is -0.588. The van der Waals surface area contributed by atoms with Crippen LogP contribution in [0.3, 0.4) is 0 Å². The fraction of sp³-hybridized carbons (Fsp3) is 0.917. The van der Waals surface area contributed by atoms with E-state index < -0.39 is 11.4 Å². The number of carboxylic acids is 1. The molecule has 1 saturated carbocycles. The molecule has 0 aromatic carbocycles. The van der Waals surface area contributed by atoms with E-state index in [9.17, 15) is 4.79 Å². The number of hydrogen-bond donors (Lipinski definition) is 2. The van der Waals surface area contributed by atoms with E-state index in [2.05, 4.69) is 5.32 Å². The Hall–Kier alpha value is -0.570. The minimum Gasteiger partial charge on any atom is -0.481 e. The summed E-state index contributed by atoms with van der Waals surface area (Å²) in [7, 11) is 0. The first-order valence-electron chi connectivity index (χ1n) is 5.97. The molecule has 0 aromatic rings. The number of carboxylic acid groups (broad SMARTS) is 1. The van der Waals surface area contributed by atoms with E-state index in [1.54, 1.807) is 0 Å². The lowest BCUT2D eigenvalue weighted by Crippen LogP contribution is -2.36. The summed E-state index contributed by atoms with van der Waals surface area (Å²) in [6.07, 6.45) is 4.73. The summed E-state index contributed by atoms with van der Waals surface area (Å²) >= 11 is 0. The van der Waals surface area contributed by atoms with Crippen LogP contribution in [0.15, 0.2) is 0 Å². The lowest BCUT2D eigenvalue weighted by Gasteiger charge is -2.26. The summed E-state index contributed by atoms with van der Waals surface area (Å²) in [5.74, 6) is 0.883. The van der Waals surface area contributed by atoms with Gasteiger partial charge in [-0.1, -0.05) is 6.42 Å². The molecule has 0 amide bonds. The maximum Gasteiger partial charge on any atom is 0.309 e. The molecule has 1 aliphatic carbocycles.